The van der Waals surface area contributed by atoms with Gasteiger partial charge in [0.05, 0.1) is 0 Å². The highest BCUT2D eigenvalue weighted by molar-refractivity contribution is 5.54. The normalized spacial score (nSPS) is 10.7. The van der Waals surface area contributed by atoms with Crippen LogP contribution < -0.4 is 4.90 Å². The van der Waals surface area contributed by atoms with Gasteiger partial charge in [-0.05, 0) is 30.9 Å². The minimum atomic E-state index is 1.06. The summed E-state index contributed by atoms with van der Waals surface area (Å²) in [6.07, 6.45) is 1.11. The van der Waals surface area contributed by atoms with Gasteiger partial charge in [0.25, 0.3) is 0 Å². The predicted molar refractivity (Wildman–Crippen MR) is 68.3 cm³/mol. The van der Waals surface area contributed by atoms with Crippen molar-refractivity contribution in [2.75, 3.05) is 18.0 Å². The Morgan fingerprint density at radius 2 is 1.80 bits per heavy atom. The van der Waals surface area contributed by atoms with E-state index in [0.717, 1.165) is 19.5 Å². The maximum Gasteiger partial charge on any atom is 0.0398 e. The second-order valence-electron chi connectivity index (χ2n) is 4.20. The third-order valence-corrected chi connectivity index (χ3v) is 2.60. The fourth-order valence-corrected chi connectivity index (χ4v) is 1.87. The molecule has 0 aromatic heterocycles. The van der Waals surface area contributed by atoms with Crippen molar-refractivity contribution < 1.29 is 0 Å². The van der Waals surface area contributed by atoms with Gasteiger partial charge in [-0.25, -0.2) is 0 Å². The van der Waals surface area contributed by atoms with E-state index in [-0.39, 0.29) is 0 Å². The average Bonchev–Trinajstić information content (AvgIpc) is 2.25. The van der Waals surface area contributed by atoms with Crippen LogP contribution in [-0.4, -0.2) is 13.1 Å². The Labute approximate surface area is 94.1 Å². The fourth-order valence-electron chi connectivity index (χ4n) is 1.87. The quantitative estimate of drug-likeness (QED) is 0.707. The highest BCUT2D eigenvalue weighted by Gasteiger charge is 2.09. The highest BCUT2D eigenvalue weighted by atomic mass is 15.1. The van der Waals surface area contributed by atoms with E-state index in [4.69, 9.17) is 0 Å². The van der Waals surface area contributed by atoms with E-state index in [0.29, 0.717) is 0 Å². The SMILES string of the molecule is CCc1ccccc1N(CC)C[C](C)C. The lowest BCUT2D eigenvalue weighted by Crippen LogP contribution is -2.27. The van der Waals surface area contributed by atoms with Crippen molar-refractivity contribution in [1.82, 2.24) is 0 Å². The summed E-state index contributed by atoms with van der Waals surface area (Å²) in [5.41, 5.74) is 2.84. The summed E-state index contributed by atoms with van der Waals surface area (Å²) in [6.45, 7) is 11.0. The van der Waals surface area contributed by atoms with Gasteiger partial charge in [-0.1, -0.05) is 39.0 Å². The van der Waals surface area contributed by atoms with Crippen molar-refractivity contribution in [3.63, 3.8) is 0 Å². The van der Waals surface area contributed by atoms with Crippen LogP contribution in [0.3, 0.4) is 0 Å². The van der Waals surface area contributed by atoms with Gasteiger partial charge in [0.2, 0.25) is 0 Å². The van der Waals surface area contributed by atoms with E-state index in [1.165, 1.54) is 17.2 Å². The summed E-state index contributed by atoms with van der Waals surface area (Å²) in [6, 6.07) is 8.70. The van der Waals surface area contributed by atoms with Crippen LogP contribution in [-0.2, 0) is 6.42 Å². The summed E-state index contributed by atoms with van der Waals surface area (Å²) < 4.78 is 0. The molecule has 0 saturated carbocycles. The lowest BCUT2D eigenvalue weighted by Gasteiger charge is -2.27. The summed E-state index contributed by atoms with van der Waals surface area (Å²) >= 11 is 0. The first-order valence-electron chi connectivity index (χ1n) is 5.80. The van der Waals surface area contributed by atoms with Crippen molar-refractivity contribution in [2.45, 2.75) is 34.1 Å². The molecule has 0 aliphatic heterocycles. The summed E-state index contributed by atoms with van der Waals surface area (Å²) in [4.78, 5) is 2.44. The van der Waals surface area contributed by atoms with E-state index < -0.39 is 0 Å². The third kappa shape index (κ3) is 3.26. The van der Waals surface area contributed by atoms with Gasteiger partial charge in [0.1, 0.15) is 0 Å². The Balaban J connectivity index is 2.90. The van der Waals surface area contributed by atoms with E-state index in [1.807, 2.05) is 0 Å². The molecule has 1 rings (SSSR count). The zero-order chi connectivity index (χ0) is 11.3. The minimum absolute atomic E-state index is 1.06. The molecule has 1 radical (unpaired) electrons. The smallest absolute Gasteiger partial charge is 0.0398 e. The van der Waals surface area contributed by atoms with Gasteiger partial charge in [0.15, 0.2) is 0 Å². The lowest BCUT2D eigenvalue weighted by molar-refractivity contribution is 0.810. The number of aryl methyl sites for hydroxylation is 1. The van der Waals surface area contributed by atoms with Crippen LogP contribution in [0, 0.1) is 5.92 Å². The number of rotatable bonds is 5. The molecule has 15 heavy (non-hydrogen) atoms. The van der Waals surface area contributed by atoms with Crippen LogP contribution in [0.2, 0.25) is 0 Å². The molecular formula is C14H22N. The Hall–Kier alpha value is -0.980. The summed E-state index contributed by atoms with van der Waals surface area (Å²) in [7, 11) is 0. The molecule has 1 nitrogen and oxygen atoms in total. The Bertz CT molecular complexity index is 291. The average molecular weight is 204 g/mol. The number of benzene rings is 1. The molecule has 0 aliphatic rings. The monoisotopic (exact) mass is 204 g/mol. The largest absolute Gasteiger partial charge is 0.371 e. The maximum atomic E-state index is 2.44. The topological polar surface area (TPSA) is 3.24 Å². The van der Waals surface area contributed by atoms with Crippen LogP contribution in [0.25, 0.3) is 0 Å². The first kappa shape index (κ1) is 12.1. The first-order chi connectivity index (χ1) is 7.19. The molecule has 0 atom stereocenters. The Morgan fingerprint density at radius 1 is 1.13 bits per heavy atom. The van der Waals surface area contributed by atoms with E-state index in [2.05, 4.69) is 56.9 Å². The molecule has 0 fully saturated rings. The standard InChI is InChI=1S/C14H22N/c1-5-13-9-7-8-10-14(13)15(6-2)11-12(3)4/h7-10H,5-6,11H2,1-4H3. The van der Waals surface area contributed by atoms with Crippen LogP contribution in [0.4, 0.5) is 5.69 Å². The van der Waals surface area contributed by atoms with Crippen molar-refractivity contribution in [1.29, 1.82) is 0 Å². The zero-order valence-corrected chi connectivity index (χ0v) is 10.4. The molecular weight excluding hydrogens is 182 g/mol. The minimum Gasteiger partial charge on any atom is -0.371 e. The van der Waals surface area contributed by atoms with Crippen LogP contribution in [0.1, 0.15) is 33.3 Å². The van der Waals surface area contributed by atoms with E-state index in [9.17, 15) is 0 Å². The lowest BCUT2D eigenvalue weighted by atomic mass is 10.1. The number of hydrogen-bond acceptors (Lipinski definition) is 1. The molecule has 0 saturated heterocycles. The molecule has 0 amide bonds. The molecule has 0 unspecified atom stereocenters. The van der Waals surface area contributed by atoms with Crippen molar-refractivity contribution in [3.8, 4) is 0 Å². The first-order valence-corrected chi connectivity index (χ1v) is 5.80. The maximum absolute atomic E-state index is 2.44. The molecule has 0 heterocycles. The number of anilines is 1. The highest BCUT2D eigenvalue weighted by Crippen LogP contribution is 2.21. The number of para-hydroxylation sites is 1. The van der Waals surface area contributed by atoms with E-state index in [1.54, 1.807) is 0 Å². The molecule has 0 aliphatic carbocycles. The van der Waals surface area contributed by atoms with Crippen molar-refractivity contribution in [3.05, 3.63) is 35.7 Å². The predicted octanol–water partition coefficient (Wildman–Crippen LogP) is 3.69. The van der Waals surface area contributed by atoms with Crippen LogP contribution in [0.5, 0.6) is 0 Å². The molecule has 0 bridgehead atoms. The van der Waals surface area contributed by atoms with Crippen molar-refractivity contribution >= 4 is 5.69 Å². The van der Waals surface area contributed by atoms with Gasteiger partial charge in [-0.15, -0.1) is 0 Å². The third-order valence-electron chi connectivity index (χ3n) is 2.60. The molecule has 83 valence electrons. The van der Waals surface area contributed by atoms with Gasteiger partial charge in [-0.2, -0.15) is 0 Å². The second-order valence-corrected chi connectivity index (χ2v) is 4.20. The molecule has 1 aromatic rings. The van der Waals surface area contributed by atoms with Gasteiger partial charge < -0.3 is 4.90 Å². The van der Waals surface area contributed by atoms with Gasteiger partial charge in [-0.3, -0.25) is 0 Å². The van der Waals surface area contributed by atoms with E-state index >= 15 is 0 Å². The summed E-state index contributed by atoms with van der Waals surface area (Å²) in [5.74, 6) is 1.46. The molecule has 0 N–H and O–H groups in total. The summed E-state index contributed by atoms with van der Waals surface area (Å²) in [5, 5.41) is 0. The molecule has 1 aromatic carbocycles. The fraction of sp³-hybridized carbons (Fsp3) is 0.500. The van der Waals surface area contributed by atoms with Crippen molar-refractivity contribution in [2.24, 2.45) is 0 Å². The van der Waals surface area contributed by atoms with Gasteiger partial charge >= 0.3 is 0 Å². The van der Waals surface area contributed by atoms with Crippen LogP contribution in [0.15, 0.2) is 24.3 Å². The zero-order valence-electron chi connectivity index (χ0n) is 10.4. The van der Waals surface area contributed by atoms with Gasteiger partial charge in [0, 0.05) is 18.8 Å². The second kappa shape index (κ2) is 5.79. The number of hydrogen-bond donors (Lipinski definition) is 0. The molecule has 0 spiro atoms. The number of nitrogens with zero attached hydrogens (tertiary/aromatic N) is 1. The van der Waals surface area contributed by atoms with Crippen LogP contribution >= 0.6 is 0 Å². The Kier molecular flexibility index (Phi) is 4.67. The Morgan fingerprint density at radius 3 is 2.33 bits per heavy atom. The molecule has 1 heteroatoms.